The summed E-state index contributed by atoms with van der Waals surface area (Å²) in [6.45, 7) is 11.5. The minimum absolute atomic E-state index is 0. The Morgan fingerprint density at radius 3 is 2.32 bits per heavy atom. The third kappa shape index (κ3) is 6.26. The molecule has 0 saturated carbocycles. The summed E-state index contributed by atoms with van der Waals surface area (Å²) in [5.41, 5.74) is 1.15. The van der Waals surface area contributed by atoms with Crippen LogP contribution in [0.15, 0.2) is 23.1 Å². The smallest absolute Gasteiger partial charge is 0.251 e. The third-order valence-electron chi connectivity index (χ3n) is 3.92. The number of sulfonamides is 1. The second-order valence-corrected chi connectivity index (χ2v) is 7.67. The second-order valence-electron chi connectivity index (χ2n) is 5.73. The lowest BCUT2D eigenvalue weighted by Gasteiger charge is -2.19. The van der Waals surface area contributed by atoms with Crippen molar-refractivity contribution in [3.63, 3.8) is 0 Å². The number of amides is 1. The molecule has 0 radical (unpaired) electrons. The van der Waals surface area contributed by atoms with E-state index in [1.807, 2.05) is 13.8 Å². The van der Waals surface area contributed by atoms with Gasteiger partial charge in [0, 0.05) is 31.2 Å². The van der Waals surface area contributed by atoms with Gasteiger partial charge < -0.3 is 10.6 Å². The Morgan fingerprint density at radius 1 is 1.20 bits per heavy atom. The largest absolute Gasteiger partial charge is 0.350 e. The Balaban J connectivity index is 0.00000576. The number of carbonyl (C=O) groups is 1. The summed E-state index contributed by atoms with van der Waals surface area (Å²) in [5.74, 6) is -0.256. The van der Waals surface area contributed by atoms with Crippen molar-refractivity contribution in [1.82, 2.24) is 14.9 Å². The zero-order valence-electron chi connectivity index (χ0n) is 15.6. The Hall–Kier alpha value is -1.15. The summed E-state index contributed by atoms with van der Waals surface area (Å²) in [4.78, 5) is 12.6. The standard InChI is InChI=1S/C17H29N3O3S.ClH/c1-6-18-14(5)12-19-17(21)16-11-15(10-9-13(16)4)24(22,23)20(7-2)8-3;/h9-11,14,18H,6-8,12H2,1-5H3,(H,19,21);1H/t14-;/m1./s1. The van der Waals surface area contributed by atoms with Crippen molar-refractivity contribution < 1.29 is 13.2 Å². The first-order valence-corrected chi connectivity index (χ1v) is 9.84. The molecule has 1 amide bonds. The van der Waals surface area contributed by atoms with Crippen molar-refractivity contribution in [2.45, 2.75) is 45.6 Å². The number of halogens is 1. The number of likely N-dealkylation sites (N-methyl/N-ethyl adjacent to an activating group) is 1. The minimum Gasteiger partial charge on any atom is -0.350 e. The zero-order valence-corrected chi connectivity index (χ0v) is 17.3. The number of carbonyl (C=O) groups excluding carboxylic acids is 1. The van der Waals surface area contributed by atoms with Crippen LogP contribution in [0, 0.1) is 6.92 Å². The van der Waals surface area contributed by atoms with Gasteiger partial charge in [-0.05, 0) is 38.1 Å². The van der Waals surface area contributed by atoms with Crippen LogP contribution in [-0.2, 0) is 10.0 Å². The van der Waals surface area contributed by atoms with E-state index in [9.17, 15) is 13.2 Å². The SMILES string of the molecule is CCN[C@H](C)CNC(=O)c1cc(S(=O)(=O)N(CC)CC)ccc1C.Cl. The molecule has 0 heterocycles. The maximum atomic E-state index is 12.6. The topological polar surface area (TPSA) is 78.5 Å². The fourth-order valence-corrected chi connectivity index (χ4v) is 3.97. The molecule has 1 rings (SSSR count). The van der Waals surface area contributed by atoms with E-state index >= 15 is 0 Å². The number of hydrogen-bond donors (Lipinski definition) is 2. The van der Waals surface area contributed by atoms with Crippen LogP contribution in [0.25, 0.3) is 0 Å². The Bertz CT molecular complexity index is 661. The van der Waals surface area contributed by atoms with Gasteiger partial charge in [0.05, 0.1) is 4.90 Å². The average Bonchev–Trinajstić information content (AvgIpc) is 2.54. The summed E-state index contributed by atoms with van der Waals surface area (Å²) in [7, 11) is -3.57. The van der Waals surface area contributed by atoms with E-state index in [-0.39, 0.29) is 29.3 Å². The van der Waals surface area contributed by atoms with Crippen molar-refractivity contribution in [2.75, 3.05) is 26.2 Å². The van der Waals surface area contributed by atoms with Gasteiger partial charge in [-0.2, -0.15) is 4.31 Å². The van der Waals surface area contributed by atoms with Gasteiger partial charge in [-0.3, -0.25) is 4.79 Å². The normalized spacial score (nSPS) is 12.6. The van der Waals surface area contributed by atoms with E-state index in [1.165, 1.54) is 10.4 Å². The van der Waals surface area contributed by atoms with Crippen LogP contribution in [0.1, 0.15) is 43.6 Å². The second kappa shape index (κ2) is 10.8. The number of benzene rings is 1. The van der Waals surface area contributed by atoms with Crippen LogP contribution in [0.2, 0.25) is 0 Å². The molecule has 0 spiro atoms. The molecule has 1 aromatic rings. The summed E-state index contributed by atoms with van der Waals surface area (Å²) in [5, 5.41) is 6.07. The van der Waals surface area contributed by atoms with Crippen molar-refractivity contribution in [3.05, 3.63) is 29.3 Å². The number of nitrogens with zero attached hydrogens (tertiary/aromatic N) is 1. The van der Waals surface area contributed by atoms with E-state index in [1.54, 1.807) is 32.9 Å². The quantitative estimate of drug-likeness (QED) is 0.676. The van der Waals surface area contributed by atoms with E-state index in [4.69, 9.17) is 0 Å². The number of nitrogens with one attached hydrogen (secondary N) is 2. The van der Waals surface area contributed by atoms with E-state index in [0.29, 0.717) is 25.2 Å². The molecule has 0 saturated heterocycles. The molecule has 0 bridgehead atoms. The number of aryl methyl sites for hydroxylation is 1. The first-order valence-electron chi connectivity index (χ1n) is 8.40. The van der Waals surface area contributed by atoms with Crippen molar-refractivity contribution >= 4 is 28.3 Å². The number of hydrogen-bond acceptors (Lipinski definition) is 4. The lowest BCUT2D eigenvalue weighted by molar-refractivity contribution is 0.0949. The van der Waals surface area contributed by atoms with E-state index in [2.05, 4.69) is 10.6 Å². The highest BCUT2D eigenvalue weighted by Crippen LogP contribution is 2.19. The van der Waals surface area contributed by atoms with Crippen LogP contribution in [-0.4, -0.2) is 50.9 Å². The molecule has 0 aliphatic carbocycles. The molecule has 0 aliphatic heterocycles. The Morgan fingerprint density at radius 2 is 1.80 bits per heavy atom. The third-order valence-corrected chi connectivity index (χ3v) is 5.96. The average molecular weight is 392 g/mol. The fourth-order valence-electron chi connectivity index (χ4n) is 2.48. The van der Waals surface area contributed by atoms with Crippen LogP contribution in [0.4, 0.5) is 0 Å². The molecule has 2 N–H and O–H groups in total. The monoisotopic (exact) mass is 391 g/mol. The summed E-state index contributed by atoms with van der Waals surface area (Å²) in [6, 6.07) is 4.86. The first kappa shape index (κ1) is 23.9. The van der Waals surface area contributed by atoms with Crippen LogP contribution in [0.3, 0.4) is 0 Å². The van der Waals surface area contributed by atoms with Crippen LogP contribution < -0.4 is 10.6 Å². The lowest BCUT2D eigenvalue weighted by atomic mass is 10.1. The first-order chi connectivity index (χ1) is 11.3. The van der Waals surface area contributed by atoms with Gasteiger partial charge in [-0.15, -0.1) is 12.4 Å². The van der Waals surface area contributed by atoms with E-state index < -0.39 is 10.0 Å². The van der Waals surface area contributed by atoms with Gasteiger partial charge in [0.25, 0.3) is 5.91 Å². The van der Waals surface area contributed by atoms with Gasteiger partial charge in [0.2, 0.25) is 10.0 Å². The zero-order chi connectivity index (χ0) is 18.3. The lowest BCUT2D eigenvalue weighted by Crippen LogP contribution is -2.39. The highest BCUT2D eigenvalue weighted by atomic mass is 35.5. The van der Waals surface area contributed by atoms with Gasteiger partial charge in [0.1, 0.15) is 0 Å². The van der Waals surface area contributed by atoms with Gasteiger partial charge in [0.15, 0.2) is 0 Å². The Kier molecular flexibility index (Phi) is 10.3. The van der Waals surface area contributed by atoms with Gasteiger partial charge in [-0.25, -0.2) is 8.42 Å². The van der Waals surface area contributed by atoms with Crippen LogP contribution >= 0.6 is 12.4 Å². The molecule has 8 heteroatoms. The molecule has 0 aromatic heterocycles. The maximum absolute atomic E-state index is 12.6. The molecule has 0 fully saturated rings. The van der Waals surface area contributed by atoms with E-state index in [0.717, 1.165) is 12.1 Å². The van der Waals surface area contributed by atoms with Crippen molar-refractivity contribution in [3.8, 4) is 0 Å². The molecule has 144 valence electrons. The molecule has 0 aliphatic rings. The summed E-state index contributed by atoms with van der Waals surface area (Å²) < 4.78 is 26.6. The molecule has 6 nitrogen and oxygen atoms in total. The summed E-state index contributed by atoms with van der Waals surface area (Å²) in [6.07, 6.45) is 0. The van der Waals surface area contributed by atoms with Gasteiger partial charge >= 0.3 is 0 Å². The number of rotatable bonds is 9. The molecule has 0 unspecified atom stereocenters. The van der Waals surface area contributed by atoms with Crippen molar-refractivity contribution in [1.29, 1.82) is 0 Å². The Labute approximate surface area is 157 Å². The minimum atomic E-state index is -3.57. The molecule has 25 heavy (non-hydrogen) atoms. The highest BCUT2D eigenvalue weighted by Gasteiger charge is 2.23. The highest BCUT2D eigenvalue weighted by molar-refractivity contribution is 7.89. The predicted octanol–water partition coefficient (Wildman–Crippen LogP) is 2.18. The van der Waals surface area contributed by atoms with Crippen molar-refractivity contribution in [2.24, 2.45) is 0 Å². The molecular formula is C17H30ClN3O3S. The fraction of sp³-hybridized carbons (Fsp3) is 0.588. The van der Waals surface area contributed by atoms with Gasteiger partial charge in [-0.1, -0.05) is 26.8 Å². The molecule has 1 atom stereocenters. The van der Waals surface area contributed by atoms with Crippen LogP contribution in [0.5, 0.6) is 0 Å². The maximum Gasteiger partial charge on any atom is 0.251 e. The molecule has 1 aromatic carbocycles. The predicted molar refractivity (Wildman–Crippen MR) is 104 cm³/mol. The summed E-state index contributed by atoms with van der Waals surface area (Å²) >= 11 is 0. The molecular weight excluding hydrogens is 362 g/mol.